The van der Waals surface area contributed by atoms with Gasteiger partial charge in [-0.2, -0.15) is 11.3 Å². The first-order chi connectivity index (χ1) is 10.8. The highest BCUT2D eigenvalue weighted by Gasteiger charge is 2.44. The predicted octanol–water partition coefficient (Wildman–Crippen LogP) is 1.96. The van der Waals surface area contributed by atoms with E-state index in [4.69, 9.17) is 0 Å². The number of likely N-dealkylation sites (tertiary alicyclic amines) is 1. The lowest BCUT2D eigenvalue weighted by molar-refractivity contribution is -0.131. The quantitative estimate of drug-likeness (QED) is 0.869. The summed E-state index contributed by atoms with van der Waals surface area (Å²) >= 11 is 1.65. The Bertz CT molecular complexity index is 645. The van der Waals surface area contributed by atoms with E-state index in [9.17, 15) is 4.79 Å². The van der Waals surface area contributed by atoms with Crippen molar-refractivity contribution in [1.82, 2.24) is 14.9 Å². The van der Waals surface area contributed by atoms with Crippen LogP contribution in [0.15, 0.2) is 35.3 Å². The van der Waals surface area contributed by atoms with Crippen LogP contribution in [0.4, 0.5) is 5.95 Å². The first-order valence-corrected chi connectivity index (χ1v) is 8.61. The van der Waals surface area contributed by atoms with Gasteiger partial charge in [0.15, 0.2) is 0 Å². The topological polar surface area (TPSA) is 49.3 Å². The van der Waals surface area contributed by atoms with Gasteiger partial charge in [0.05, 0.1) is 18.5 Å². The van der Waals surface area contributed by atoms with Gasteiger partial charge in [-0.25, -0.2) is 9.97 Å². The second-order valence-electron chi connectivity index (χ2n) is 5.85. The van der Waals surface area contributed by atoms with Crippen LogP contribution in [0.3, 0.4) is 0 Å². The van der Waals surface area contributed by atoms with Crippen LogP contribution < -0.4 is 4.90 Å². The lowest BCUT2D eigenvalue weighted by atomic mass is 10.1. The van der Waals surface area contributed by atoms with E-state index in [1.165, 1.54) is 0 Å². The van der Waals surface area contributed by atoms with Gasteiger partial charge in [-0.3, -0.25) is 4.79 Å². The van der Waals surface area contributed by atoms with E-state index in [1.54, 1.807) is 23.7 Å². The fraction of sp³-hybridized carbons (Fsp3) is 0.438. The smallest absolute Gasteiger partial charge is 0.227 e. The summed E-state index contributed by atoms with van der Waals surface area (Å²) in [5.74, 6) is 1.05. The molecule has 1 amide bonds. The minimum Gasteiger partial charge on any atom is -0.337 e. The van der Waals surface area contributed by atoms with Crippen molar-refractivity contribution < 1.29 is 4.79 Å². The van der Waals surface area contributed by atoms with E-state index < -0.39 is 0 Å². The third-order valence-electron chi connectivity index (χ3n) is 4.64. The second kappa shape index (κ2) is 5.68. The normalized spacial score (nSPS) is 23.8. The molecule has 5 nitrogen and oxygen atoms in total. The molecule has 2 aliphatic heterocycles. The number of amides is 1. The van der Waals surface area contributed by atoms with Crippen molar-refractivity contribution in [2.24, 2.45) is 0 Å². The van der Waals surface area contributed by atoms with Gasteiger partial charge in [0.2, 0.25) is 11.9 Å². The highest BCUT2D eigenvalue weighted by molar-refractivity contribution is 7.08. The van der Waals surface area contributed by atoms with Crippen molar-refractivity contribution in [2.75, 3.05) is 18.0 Å². The number of rotatable bonds is 3. The lowest BCUT2D eigenvalue weighted by Gasteiger charge is -2.25. The number of anilines is 1. The third-order valence-corrected chi connectivity index (χ3v) is 5.37. The average Bonchev–Trinajstić information content (AvgIpc) is 3.24. The van der Waals surface area contributed by atoms with E-state index in [2.05, 4.69) is 25.1 Å². The lowest BCUT2D eigenvalue weighted by Crippen LogP contribution is -2.40. The fourth-order valence-electron chi connectivity index (χ4n) is 3.65. The van der Waals surface area contributed by atoms with Gasteiger partial charge in [-0.1, -0.05) is 0 Å². The van der Waals surface area contributed by atoms with Gasteiger partial charge in [0.25, 0.3) is 0 Å². The Balaban J connectivity index is 1.47. The van der Waals surface area contributed by atoms with Crippen LogP contribution in [-0.4, -0.2) is 45.9 Å². The first-order valence-electron chi connectivity index (χ1n) is 7.67. The number of thiophene rings is 1. The molecular formula is C16H18N4OS. The van der Waals surface area contributed by atoms with Crippen molar-refractivity contribution in [3.8, 4) is 0 Å². The summed E-state index contributed by atoms with van der Waals surface area (Å²) in [5.41, 5.74) is 1.12. The third kappa shape index (κ3) is 2.37. The zero-order valence-electron chi connectivity index (χ0n) is 12.3. The Kier molecular flexibility index (Phi) is 3.54. The summed E-state index contributed by atoms with van der Waals surface area (Å²) in [5, 5.41) is 4.09. The maximum atomic E-state index is 12.6. The molecule has 0 bridgehead atoms. The number of aromatic nitrogens is 2. The Labute approximate surface area is 133 Å². The van der Waals surface area contributed by atoms with Crippen molar-refractivity contribution in [1.29, 1.82) is 0 Å². The van der Waals surface area contributed by atoms with Crippen LogP contribution in [0.1, 0.15) is 18.4 Å². The van der Waals surface area contributed by atoms with E-state index in [-0.39, 0.29) is 5.91 Å². The van der Waals surface area contributed by atoms with Crippen LogP contribution in [0.2, 0.25) is 0 Å². The molecule has 4 rings (SSSR count). The molecule has 4 heterocycles. The van der Waals surface area contributed by atoms with Gasteiger partial charge >= 0.3 is 0 Å². The molecule has 0 aromatic carbocycles. The molecule has 6 heteroatoms. The molecule has 0 N–H and O–H groups in total. The van der Waals surface area contributed by atoms with E-state index in [0.717, 1.165) is 37.4 Å². The summed E-state index contributed by atoms with van der Waals surface area (Å²) in [4.78, 5) is 25.6. The number of carbonyl (C=O) groups is 1. The molecule has 2 aromatic heterocycles. The molecule has 22 heavy (non-hydrogen) atoms. The zero-order valence-corrected chi connectivity index (χ0v) is 13.1. The molecule has 114 valence electrons. The van der Waals surface area contributed by atoms with Gasteiger partial charge in [0, 0.05) is 25.5 Å². The van der Waals surface area contributed by atoms with Crippen LogP contribution >= 0.6 is 11.3 Å². The number of hydrogen-bond donors (Lipinski definition) is 0. The molecule has 0 radical (unpaired) electrons. The molecule has 0 aliphatic carbocycles. The standard InChI is InChI=1S/C16H18N4OS/c21-15(10-12-4-9-22-11-12)19-7-2-14-13(19)3-8-20(14)16-17-5-1-6-18-16/h1,4-6,9,11,13-14H,2-3,7-8,10H2/t13-,14+/m0/s1. The Morgan fingerprint density at radius 2 is 2.05 bits per heavy atom. The minimum atomic E-state index is 0.252. The molecule has 0 saturated carbocycles. The monoisotopic (exact) mass is 314 g/mol. The first kappa shape index (κ1) is 13.7. The largest absolute Gasteiger partial charge is 0.337 e. The van der Waals surface area contributed by atoms with Gasteiger partial charge in [-0.05, 0) is 41.3 Å². The summed E-state index contributed by atoms with van der Waals surface area (Å²) < 4.78 is 0. The van der Waals surface area contributed by atoms with Crippen molar-refractivity contribution in [3.63, 3.8) is 0 Å². The summed E-state index contributed by atoms with van der Waals surface area (Å²) in [6, 6.07) is 4.56. The van der Waals surface area contributed by atoms with Gasteiger partial charge in [0.1, 0.15) is 0 Å². The predicted molar refractivity (Wildman–Crippen MR) is 85.9 cm³/mol. The Hall–Kier alpha value is -1.95. The van der Waals surface area contributed by atoms with Crippen LogP contribution in [0.25, 0.3) is 0 Å². The summed E-state index contributed by atoms with van der Waals surface area (Å²) in [7, 11) is 0. The maximum Gasteiger partial charge on any atom is 0.227 e. The number of fused-ring (bicyclic) bond motifs is 1. The fourth-order valence-corrected chi connectivity index (χ4v) is 4.32. The summed E-state index contributed by atoms with van der Waals surface area (Å²) in [6.45, 7) is 1.78. The van der Waals surface area contributed by atoms with E-state index >= 15 is 0 Å². The zero-order chi connectivity index (χ0) is 14.9. The molecule has 2 aliphatic rings. The highest BCUT2D eigenvalue weighted by atomic mass is 32.1. The number of hydrogen-bond acceptors (Lipinski definition) is 5. The Morgan fingerprint density at radius 3 is 2.82 bits per heavy atom. The van der Waals surface area contributed by atoms with Gasteiger partial charge in [-0.15, -0.1) is 0 Å². The minimum absolute atomic E-state index is 0.252. The van der Waals surface area contributed by atoms with Crippen molar-refractivity contribution in [3.05, 3.63) is 40.8 Å². The molecule has 2 aromatic rings. The maximum absolute atomic E-state index is 12.6. The van der Waals surface area contributed by atoms with Crippen molar-refractivity contribution in [2.45, 2.75) is 31.3 Å². The van der Waals surface area contributed by atoms with E-state index in [1.807, 2.05) is 17.5 Å². The summed E-state index contributed by atoms with van der Waals surface area (Å²) in [6.07, 6.45) is 6.11. The molecule has 0 spiro atoms. The van der Waals surface area contributed by atoms with Crippen LogP contribution in [0, 0.1) is 0 Å². The van der Waals surface area contributed by atoms with Gasteiger partial charge < -0.3 is 9.80 Å². The SMILES string of the molecule is O=C(Cc1ccsc1)N1CC[C@@H]2[C@@H]1CCN2c1ncccn1. The van der Waals surface area contributed by atoms with Crippen LogP contribution in [-0.2, 0) is 11.2 Å². The van der Waals surface area contributed by atoms with E-state index in [0.29, 0.717) is 18.5 Å². The molecule has 2 saturated heterocycles. The molecule has 0 unspecified atom stereocenters. The van der Waals surface area contributed by atoms with Crippen molar-refractivity contribution >= 4 is 23.2 Å². The number of carbonyl (C=O) groups excluding carboxylic acids is 1. The average molecular weight is 314 g/mol. The van der Waals surface area contributed by atoms with Crippen LogP contribution in [0.5, 0.6) is 0 Å². The second-order valence-corrected chi connectivity index (χ2v) is 6.63. The Morgan fingerprint density at radius 1 is 1.23 bits per heavy atom. The number of nitrogens with zero attached hydrogens (tertiary/aromatic N) is 4. The molecule has 2 fully saturated rings. The highest BCUT2D eigenvalue weighted by Crippen LogP contribution is 2.33. The molecular weight excluding hydrogens is 296 g/mol. The molecule has 2 atom stereocenters.